The number of nitrogens with one attached hydrogen (secondary N) is 1. The molecular formula is C9H14N4O2. The van der Waals surface area contributed by atoms with Gasteiger partial charge in [-0.25, -0.2) is 9.78 Å². The Labute approximate surface area is 87.9 Å². The summed E-state index contributed by atoms with van der Waals surface area (Å²) in [5.41, 5.74) is 0. The molecule has 0 bridgehead atoms. The van der Waals surface area contributed by atoms with Crippen LogP contribution in [0.1, 0.15) is 11.6 Å². The Morgan fingerprint density at radius 1 is 1.73 bits per heavy atom. The molecule has 0 aliphatic rings. The Hall–Kier alpha value is -1.85. The summed E-state index contributed by atoms with van der Waals surface area (Å²) in [6.07, 6.45) is 1.10. The van der Waals surface area contributed by atoms with E-state index in [1.54, 1.807) is 14.0 Å². The zero-order chi connectivity index (χ0) is 11.3. The third-order valence-electron chi connectivity index (χ3n) is 1.66. The lowest BCUT2D eigenvalue weighted by Crippen LogP contribution is -2.27. The van der Waals surface area contributed by atoms with Crippen molar-refractivity contribution in [3.05, 3.63) is 24.3 Å². The number of carbonyl (C=O) groups is 1. The van der Waals surface area contributed by atoms with Gasteiger partial charge in [0.15, 0.2) is 5.82 Å². The maximum atomic E-state index is 11.3. The molecule has 0 aliphatic heterocycles. The van der Waals surface area contributed by atoms with E-state index in [0.29, 0.717) is 12.4 Å². The van der Waals surface area contributed by atoms with Crippen LogP contribution < -0.4 is 0 Å². The van der Waals surface area contributed by atoms with E-state index in [-0.39, 0.29) is 6.61 Å². The molecule has 0 fully saturated rings. The van der Waals surface area contributed by atoms with Gasteiger partial charge in [-0.3, -0.25) is 5.10 Å². The Morgan fingerprint density at radius 3 is 3.00 bits per heavy atom. The Kier molecular flexibility index (Phi) is 3.84. The summed E-state index contributed by atoms with van der Waals surface area (Å²) in [5.74, 6) is 1.28. The van der Waals surface area contributed by atoms with Crippen LogP contribution in [0.3, 0.4) is 0 Å². The summed E-state index contributed by atoms with van der Waals surface area (Å²) in [7, 11) is 1.62. The van der Waals surface area contributed by atoms with Gasteiger partial charge in [0.05, 0.1) is 6.54 Å². The first-order valence-electron chi connectivity index (χ1n) is 4.50. The second-order valence-electron chi connectivity index (χ2n) is 3.06. The van der Waals surface area contributed by atoms with Crippen LogP contribution >= 0.6 is 0 Å². The fourth-order valence-corrected chi connectivity index (χ4v) is 0.977. The van der Waals surface area contributed by atoms with Gasteiger partial charge in [-0.1, -0.05) is 12.7 Å². The van der Waals surface area contributed by atoms with E-state index in [1.807, 2.05) is 0 Å². The van der Waals surface area contributed by atoms with Gasteiger partial charge in [0.1, 0.15) is 12.4 Å². The van der Waals surface area contributed by atoms with Gasteiger partial charge in [-0.15, -0.1) is 0 Å². The second-order valence-corrected chi connectivity index (χ2v) is 3.06. The smallest absolute Gasteiger partial charge is 0.410 e. The summed E-state index contributed by atoms with van der Waals surface area (Å²) >= 11 is 0. The van der Waals surface area contributed by atoms with E-state index >= 15 is 0 Å². The van der Waals surface area contributed by atoms with Gasteiger partial charge in [0.25, 0.3) is 0 Å². The summed E-state index contributed by atoms with van der Waals surface area (Å²) in [4.78, 5) is 16.8. The van der Waals surface area contributed by atoms with Crippen LogP contribution in [0.2, 0.25) is 0 Å². The van der Waals surface area contributed by atoms with Crippen LogP contribution in [0.5, 0.6) is 0 Å². The van der Waals surface area contributed by atoms with Crippen molar-refractivity contribution in [2.24, 2.45) is 0 Å². The standard InChI is InChI=1S/C9H14N4O2/c1-4-5-15-9(14)13(3)6-8-10-7(2)11-12-8/h4H,1,5-6H2,2-3H3,(H,10,11,12). The van der Waals surface area contributed by atoms with Crippen LogP contribution in [0.25, 0.3) is 0 Å². The number of H-pyrrole nitrogens is 1. The zero-order valence-electron chi connectivity index (χ0n) is 8.86. The first kappa shape index (κ1) is 11.2. The number of ether oxygens (including phenoxy) is 1. The fourth-order valence-electron chi connectivity index (χ4n) is 0.977. The first-order chi connectivity index (χ1) is 7.13. The number of carbonyl (C=O) groups excluding carboxylic acids is 1. The predicted molar refractivity (Wildman–Crippen MR) is 54.1 cm³/mol. The van der Waals surface area contributed by atoms with Crippen molar-refractivity contribution >= 4 is 6.09 Å². The van der Waals surface area contributed by atoms with Crippen molar-refractivity contribution in [2.75, 3.05) is 13.7 Å². The first-order valence-corrected chi connectivity index (χ1v) is 4.50. The highest BCUT2D eigenvalue weighted by Gasteiger charge is 2.11. The quantitative estimate of drug-likeness (QED) is 0.748. The van der Waals surface area contributed by atoms with Gasteiger partial charge in [-0.05, 0) is 6.92 Å². The second kappa shape index (κ2) is 5.14. The molecule has 1 amide bonds. The summed E-state index contributed by atoms with van der Waals surface area (Å²) < 4.78 is 4.84. The topological polar surface area (TPSA) is 71.1 Å². The molecule has 1 N–H and O–H groups in total. The van der Waals surface area contributed by atoms with Crippen molar-refractivity contribution < 1.29 is 9.53 Å². The number of amides is 1. The number of aryl methyl sites for hydroxylation is 1. The van der Waals surface area contributed by atoms with Crippen molar-refractivity contribution in [2.45, 2.75) is 13.5 Å². The van der Waals surface area contributed by atoms with Crippen molar-refractivity contribution in [1.29, 1.82) is 0 Å². The van der Waals surface area contributed by atoms with Crippen LogP contribution in [0.4, 0.5) is 4.79 Å². The minimum atomic E-state index is -0.419. The van der Waals surface area contributed by atoms with Crippen LogP contribution in [-0.2, 0) is 11.3 Å². The Morgan fingerprint density at radius 2 is 2.47 bits per heavy atom. The highest BCUT2D eigenvalue weighted by molar-refractivity contribution is 5.67. The fraction of sp³-hybridized carbons (Fsp3) is 0.444. The third kappa shape index (κ3) is 3.41. The largest absolute Gasteiger partial charge is 0.445 e. The maximum Gasteiger partial charge on any atom is 0.410 e. The molecule has 0 aliphatic carbocycles. The highest BCUT2D eigenvalue weighted by atomic mass is 16.6. The molecule has 15 heavy (non-hydrogen) atoms. The lowest BCUT2D eigenvalue weighted by atomic mass is 10.5. The van der Waals surface area contributed by atoms with Gasteiger partial charge in [0.2, 0.25) is 0 Å². The average Bonchev–Trinajstić information content (AvgIpc) is 2.60. The van der Waals surface area contributed by atoms with Crippen LogP contribution in [0, 0.1) is 6.92 Å². The van der Waals surface area contributed by atoms with Crippen molar-refractivity contribution in [3.63, 3.8) is 0 Å². The highest BCUT2D eigenvalue weighted by Crippen LogP contribution is 1.98. The number of hydrogen-bond acceptors (Lipinski definition) is 4. The average molecular weight is 210 g/mol. The molecule has 0 aromatic carbocycles. The lowest BCUT2D eigenvalue weighted by Gasteiger charge is -2.13. The number of aromatic nitrogens is 3. The molecule has 0 spiro atoms. The number of hydrogen-bond donors (Lipinski definition) is 1. The molecule has 82 valence electrons. The normalized spacial score (nSPS) is 9.73. The van der Waals surface area contributed by atoms with Crippen LogP contribution in [-0.4, -0.2) is 39.8 Å². The van der Waals surface area contributed by atoms with Gasteiger partial charge in [-0.2, -0.15) is 5.10 Å². The molecule has 0 saturated carbocycles. The monoisotopic (exact) mass is 210 g/mol. The maximum absolute atomic E-state index is 11.3. The van der Waals surface area contributed by atoms with Gasteiger partial charge >= 0.3 is 6.09 Å². The minimum absolute atomic E-state index is 0.205. The van der Waals surface area contributed by atoms with E-state index in [1.165, 1.54) is 11.0 Å². The summed E-state index contributed by atoms with van der Waals surface area (Å²) in [6, 6.07) is 0. The van der Waals surface area contributed by atoms with E-state index in [9.17, 15) is 4.79 Å². The van der Waals surface area contributed by atoms with Crippen molar-refractivity contribution in [1.82, 2.24) is 20.1 Å². The minimum Gasteiger partial charge on any atom is -0.445 e. The number of aromatic amines is 1. The molecule has 1 aromatic heterocycles. The molecule has 0 atom stereocenters. The lowest BCUT2D eigenvalue weighted by molar-refractivity contribution is 0.118. The molecule has 0 radical (unpaired) electrons. The predicted octanol–water partition coefficient (Wildman–Crippen LogP) is 0.868. The molecule has 6 heteroatoms. The SMILES string of the molecule is C=CCOC(=O)N(C)Cc1n[nH]c(C)n1. The molecule has 0 saturated heterocycles. The summed E-state index contributed by atoms with van der Waals surface area (Å²) in [6.45, 7) is 5.78. The zero-order valence-corrected chi connectivity index (χ0v) is 8.86. The molecule has 6 nitrogen and oxygen atoms in total. The van der Waals surface area contributed by atoms with E-state index in [2.05, 4.69) is 21.8 Å². The Balaban J connectivity index is 2.44. The molecular weight excluding hydrogens is 196 g/mol. The summed E-state index contributed by atoms with van der Waals surface area (Å²) in [5, 5.41) is 6.61. The number of rotatable bonds is 4. The van der Waals surface area contributed by atoms with Gasteiger partial charge in [0, 0.05) is 7.05 Å². The van der Waals surface area contributed by atoms with Crippen LogP contribution in [0.15, 0.2) is 12.7 Å². The molecule has 0 unspecified atom stereocenters. The molecule has 1 rings (SSSR count). The van der Waals surface area contributed by atoms with E-state index in [4.69, 9.17) is 4.74 Å². The van der Waals surface area contributed by atoms with E-state index < -0.39 is 6.09 Å². The Bertz CT molecular complexity index is 348. The van der Waals surface area contributed by atoms with Gasteiger partial charge < -0.3 is 9.64 Å². The molecule has 1 heterocycles. The van der Waals surface area contributed by atoms with Crippen molar-refractivity contribution in [3.8, 4) is 0 Å². The third-order valence-corrected chi connectivity index (χ3v) is 1.66. The number of nitrogens with zero attached hydrogens (tertiary/aromatic N) is 3. The molecule has 1 aromatic rings. The van der Waals surface area contributed by atoms with E-state index in [0.717, 1.165) is 5.82 Å².